The molecule has 0 aliphatic carbocycles. The highest BCUT2D eigenvalue weighted by molar-refractivity contribution is 5.65. The maximum absolute atomic E-state index is 10.5. The van der Waals surface area contributed by atoms with Crippen molar-refractivity contribution in [1.82, 2.24) is 4.90 Å². The Bertz CT molecular complexity index is 247. The number of nitrogens with zero attached hydrogens (tertiary/aromatic N) is 2. The number of hydrogen-bond acceptors (Lipinski definition) is 2. The lowest BCUT2D eigenvalue weighted by Crippen LogP contribution is -2.36. The number of carboxylic acid groups (broad SMARTS) is 1. The summed E-state index contributed by atoms with van der Waals surface area (Å²) in [6, 6.07) is 1.94. The monoisotopic (exact) mass is 180 g/mol. The normalized spacial score (nSPS) is 18.8. The Morgan fingerprint density at radius 3 is 2.62 bits per heavy atom. The molecule has 1 aliphatic rings. The van der Waals surface area contributed by atoms with Gasteiger partial charge in [-0.25, -0.2) is 4.79 Å². The lowest BCUT2D eigenvalue weighted by atomic mass is 9.97. The van der Waals surface area contributed by atoms with Crippen LogP contribution in [0.25, 0.3) is 0 Å². The van der Waals surface area contributed by atoms with E-state index in [0.717, 1.165) is 12.8 Å². The molecule has 4 heteroatoms. The lowest BCUT2D eigenvalue weighted by Gasteiger charge is -2.28. The van der Waals surface area contributed by atoms with Crippen LogP contribution >= 0.6 is 0 Å². The van der Waals surface area contributed by atoms with Crippen molar-refractivity contribution in [3.8, 4) is 6.07 Å². The zero-order valence-corrected chi connectivity index (χ0v) is 7.31. The number of likely N-dealkylation sites (tertiary alicyclic amines) is 1. The first kappa shape index (κ1) is 9.59. The second kappa shape index (κ2) is 4.51. The molecule has 13 heavy (non-hydrogen) atoms. The molecule has 0 saturated carbocycles. The van der Waals surface area contributed by atoms with Gasteiger partial charge < -0.3 is 10.0 Å². The van der Waals surface area contributed by atoms with Gasteiger partial charge in [0.05, 0.1) is 6.07 Å². The van der Waals surface area contributed by atoms with E-state index in [0.29, 0.717) is 19.0 Å². The maximum atomic E-state index is 10.5. The molecule has 4 nitrogen and oxygen atoms in total. The number of piperidine rings is 1. The van der Waals surface area contributed by atoms with Crippen molar-refractivity contribution in [3.63, 3.8) is 0 Å². The van der Waals surface area contributed by atoms with Crippen molar-refractivity contribution in [3.05, 3.63) is 12.2 Å². The van der Waals surface area contributed by atoms with E-state index in [1.54, 1.807) is 0 Å². The molecule has 0 aromatic heterocycles. The van der Waals surface area contributed by atoms with Crippen molar-refractivity contribution in [2.24, 2.45) is 5.92 Å². The Morgan fingerprint density at radius 2 is 2.15 bits per heavy atom. The van der Waals surface area contributed by atoms with Crippen LogP contribution in [0.5, 0.6) is 0 Å². The second-order valence-electron chi connectivity index (χ2n) is 3.10. The van der Waals surface area contributed by atoms with Crippen LogP contribution in [-0.4, -0.2) is 29.2 Å². The number of hydrogen-bond donors (Lipinski definition) is 1. The van der Waals surface area contributed by atoms with Gasteiger partial charge in [-0.05, 0) is 18.8 Å². The summed E-state index contributed by atoms with van der Waals surface area (Å²) in [6.07, 6.45) is 4.14. The molecule has 0 atom stereocenters. The van der Waals surface area contributed by atoms with Gasteiger partial charge in [0, 0.05) is 19.2 Å². The van der Waals surface area contributed by atoms with E-state index in [1.165, 1.54) is 11.0 Å². The van der Waals surface area contributed by atoms with Gasteiger partial charge in [0.25, 0.3) is 0 Å². The molecule has 1 saturated heterocycles. The molecule has 0 aromatic rings. The van der Waals surface area contributed by atoms with Crippen molar-refractivity contribution >= 4 is 6.09 Å². The van der Waals surface area contributed by atoms with Crippen molar-refractivity contribution in [2.45, 2.75) is 12.8 Å². The molecule has 70 valence electrons. The van der Waals surface area contributed by atoms with Crippen LogP contribution in [0.4, 0.5) is 4.79 Å². The van der Waals surface area contributed by atoms with Crippen LogP contribution in [0.2, 0.25) is 0 Å². The van der Waals surface area contributed by atoms with Gasteiger partial charge in [-0.15, -0.1) is 0 Å². The average molecular weight is 180 g/mol. The van der Waals surface area contributed by atoms with Gasteiger partial charge in [0.2, 0.25) is 0 Å². The molecule has 1 fully saturated rings. The summed E-state index contributed by atoms with van der Waals surface area (Å²) >= 11 is 0. The molecule has 0 radical (unpaired) electrons. The highest BCUT2D eigenvalue weighted by atomic mass is 16.4. The first-order valence-corrected chi connectivity index (χ1v) is 4.28. The number of amides is 1. The van der Waals surface area contributed by atoms with Crippen LogP contribution in [0.3, 0.4) is 0 Å². The molecular formula is C9H12N2O2. The number of carbonyl (C=O) groups is 1. The predicted molar refractivity (Wildman–Crippen MR) is 47.1 cm³/mol. The number of rotatable bonds is 1. The third kappa shape index (κ3) is 2.79. The molecule has 0 aromatic carbocycles. The Labute approximate surface area is 77.1 Å². The Hall–Kier alpha value is -1.50. The fourth-order valence-corrected chi connectivity index (χ4v) is 1.46. The first-order valence-electron chi connectivity index (χ1n) is 4.28. The van der Waals surface area contributed by atoms with E-state index in [9.17, 15) is 4.79 Å². The molecule has 1 rings (SSSR count). The molecule has 0 spiro atoms. The van der Waals surface area contributed by atoms with Crippen molar-refractivity contribution in [1.29, 1.82) is 5.26 Å². The van der Waals surface area contributed by atoms with Crippen molar-refractivity contribution in [2.75, 3.05) is 13.1 Å². The molecule has 0 unspecified atom stereocenters. The van der Waals surface area contributed by atoms with Gasteiger partial charge in [-0.1, -0.05) is 6.08 Å². The predicted octanol–water partition coefficient (Wildman–Crippen LogP) is 1.46. The summed E-state index contributed by atoms with van der Waals surface area (Å²) in [5.74, 6) is 0.371. The van der Waals surface area contributed by atoms with E-state index < -0.39 is 6.09 Å². The third-order valence-electron chi connectivity index (χ3n) is 2.25. The maximum Gasteiger partial charge on any atom is 0.407 e. The topological polar surface area (TPSA) is 64.3 Å². The van der Waals surface area contributed by atoms with Crippen LogP contribution in [0.15, 0.2) is 12.2 Å². The van der Waals surface area contributed by atoms with Crippen LogP contribution < -0.4 is 0 Å². The molecule has 1 aliphatic heterocycles. The molecule has 0 bridgehead atoms. The molecule has 1 amide bonds. The Balaban J connectivity index is 2.35. The minimum Gasteiger partial charge on any atom is -0.465 e. The molecule has 1 N–H and O–H groups in total. The van der Waals surface area contributed by atoms with Gasteiger partial charge in [0.1, 0.15) is 0 Å². The standard InChI is InChI=1S/C9H12N2O2/c10-5-1-2-8-3-6-11(7-4-8)9(12)13/h1-2,8H,3-4,6-7H2,(H,12,13). The Morgan fingerprint density at radius 1 is 1.54 bits per heavy atom. The van der Waals surface area contributed by atoms with Gasteiger partial charge in [-0.3, -0.25) is 0 Å². The summed E-state index contributed by atoms with van der Waals surface area (Å²) in [4.78, 5) is 11.9. The zero-order valence-electron chi connectivity index (χ0n) is 7.31. The SMILES string of the molecule is N#CC=CC1CCN(C(=O)O)CC1. The smallest absolute Gasteiger partial charge is 0.407 e. The van der Waals surface area contributed by atoms with E-state index >= 15 is 0 Å². The van der Waals surface area contributed by atoms with E-state index in [-0.39, 0.29) is 0 Å². The van der Waals surface area contributed by atoms with Gasteiger partial charge in [0.15, 0.2) is 0 Å². The fraction of sp³-hybridized carbons (Fsp3) is 0.556. The van der Waals surface area contributed by atoms with E-state index in [1.807, 2.05) is 12.1 Å². The Kier molecular flexibility index (Phi) is 3.32. The van der Waals surface area contributed by atoms with E-state index in [4.69, 9.17) is 10.4 Å². The molecular weight excluding hydrogens is 168 g/mol. The van der Waals surface area contributed by atoms with Crippen LogP contribution in [-0.2, 0) is 0 Å². The lowest BCUT2D eigenvalue weighted by molar-refractivity contribution is 0.129. The van der Waals surface area contributed by atoms with Crippen molar-refractivity contribution < 1.29 is 9.90 Å². The second-order valence-corrected chi connectivity index (χ2v) is 3.10. The number of nitriles is 1. The summed E-state index contributed by atoms with van der Waals surface area (Å²) < 4.78 is 0. The summed E-state index contributed by atoms with van der Waals surface area (Å²) in [7, 11) is 0. The van der Waals surface area contributed by atoms with Crippen LogP contribution in [0, 0.1) is 17.2 Å². The summed E-state index contributed by atoms with van der Waals surface area (Å²) in [5, 5.41) is 17.0. The summed E-state index contributed by atoms with van der Waals surface area (Å²) in [6.45, 7) is 1.16. The third-order valence-corrected chi connectivity index (χ3v) is 2.25. The first-order chi connectivity index (χ1) is 6.24. The minimum absolute atomic E-state index is 0.371. The van der Waals surface area contributed by atoms with E-state index in [2.05, 4.69) is 0 Å². The molecule has 1 heterocycles. The quantitative estimate of drug-likeness (QED) is 0.621. The largest absolute Gasteiger partial charge is 0.465 e. The van der Waals surface area contributed by atoms with Crippen LogP contribution in [0.1, 0.15) is 12.8 Å². The fourth-order valence-electron chi connectivity index (χ4n) is 1.46. The zero-order chi connectivity index (χ0) is 9.68. The minimum atomic E-state index is -0.845. The number of allylic oxidation sites excluding steroid dienone is 2. The highest BCUT2D eigenvalue weighted by Gasteiger charge is 2.20. The van der Waals surface area contributed by atoms with Gasteiger partial charge in [-0.2, -0.15) is 5.26 Å². The summed E-state index contributed by atoms with van der Waals surface area (Å²) in [5.41, 5.74) is 0. The average Bonchev–Trinajstić information content (AvgIpc) is 2.15. The highest BCUT2D eigenvalue weighted by Crippen LogP contribution is 2.17. The van der Waals surface area contributed by atoms with Gasteiger partial charge >= 0.3 is 6.09 Å².